The van der Waals surface area contributed by atoms with Crippen LogP contribution < -0.4 is 19.5 Å². The zero-order valence-corrected chi connectivity index (χ0v) is 19.1. The molecule has 0 aromatic heterocycles. The molecule has 0 spiro atoms. The predicted octanol–water partition coefficient (Wildman–Crippen LogP) is 4.34. The van der Waals surface area contributed by atoms with Crippen molar-refractivity contribution in [3.8, 4) is 17.2 Å². The van der Waals surface area contributed by atoms with Crippen LogP contribution in [0, 0.1) is 0 Å². The molecule has 0 bridgehead atoms. The number of anilines is 1. The number of nitrogens with zero attached hydrogens (tertiary/aromatic N) is 1. The van der Waals surface area contributed by atoms with Gasteiger partial charge in [-0.3, -0.25) is 4.79 Å². The van der Waals surface area contributed by atoms with Crippen LogP contribution in [0.25, 0.3) is 0 Å². The predicted molar refractivity (Wildman–Crippen MR) is 121 cm³/mol. The van der Waals surface area contributed by atoms with E-state index in [0.29, 0.717) is 41.6 Å². The van der Waals surface area contributed by atoms with Crippen LogP contribution in [-0.4, -0.2) is 55.9 Å². The lowest BCUT2D eigenvalue weighted by atomic mass is 10.1. The smallest absolute Gasteiger partial charge is 0.410 e. The van der Waals surface area contributed by atoms with E-state index in [-0.39, 0.29) is 18.1 Å². The summed E-state index contributed by atoms with van der Waals surface area (Å²) in [6, 6.07) is 12.1. The van der Waals surface area contributed by atoms with E-state index >= 15 is 0 Å². The van der Waals surface area contributed by atoms with E-state index < -0.39 is 5.60 Å². The van der Waals surface area contributed by atoms with Gasteiger partial charge in [-0.1, -0.05) is 0 Å². The van der Waals surface area contributed by atoms with E-state index in [9.17, 15) is 9.59 Å². The van der Waals surface area contributed by atoms with E-state index in [1.807, 2.05) is 20.8 Å². The van der Waals surface area contributed by atoms with Crippen LogP contribution in [0.3, 0.4) is 0 Å². The first-order valence-electron chi connectivity index (χ1n) is 10.5. The van der Waals surface area contributed by atoms with E-state index in [1.165, 1.54) is 14.2 Å². The zero-order chi connectivity index (χ0) is 23.3. The van der Waals surface area contributed by atoms with Crippen LogP contribution in [0.2, 0.25) is 0 Å². The third kappa shape index (κ3) is 6.29. The highest BCUT2D eigenvalue weighted by Crippen LogP contribution is 2.25. The second kappa shape index (κ2) is 9.80. The fraction of sp³-hybridized carbons (Fsp3) is 0.417. The molecule has 172 valence electrons. The van der Waals surface area contributed by atoms with Crippen LogP contribution in [0.5, 0.6) is 17.2 Å². The summed E-state index contributed by atoms with van der Waals surface area (Å²) in [5, 5.41) is 2.85. The standard InChI is InChI=1S/C24H30N2O6/c1-24(2,3)32-23(28)26-11-10-19(15-26)31-18-8-6-17(7-9-18)25-22(27)16-12-20(29-4)14-21(13-16)30-5/h6-9,12-14,19H,10-11,15H2,1-5H3,(H,25,27). The summed E-state index contributed by atoms with van der Waals surface area (Å²) in [5.74, 6) is 1.47. The summed E-state index contributed by atoms with van der Waals surface area (Å²) in [5.41, 5.74) is 0.535. The van der Waals surface area contributed by atoms with Crippen LogP contribution in [0.4, 0.5) is 10.5 Å². The first-order chi connectivity index (χ1) is 15.2. The summed E-state index contributed by atoms with van der Waals surface area (Å²) in [7, 11) is 3.07. The van der Waals surface area contributed by atoms with Gasteiger partial charge in [-0.25, -0.2) is 4.79 Å². The maximum Gasteiger partial charge on any atom is 0.410 e. The minimum atomic E-state index is -0.522. The number of nitrogens with one attached hydrogen (secondary N) is 1. The molecule has 1 aliphatic heterocycles. The highest BCUT2D eigenvalue weighted by atomic mass is 16.6. The number of ether oxygens (including phenoxy) is 4. The number of benzene rings is 2. The molecule has 2 amide bonds. The van der Waals surface area contributed by atoms with Gasteiger partial charge in [0.25, 0.3) is 5.91 Å². The number of likely N-dealkylation sites (tertiary alicyclic amines) is 1. The lowest BCUT2D eigenvalue weighted by Gasteiger charge is -2.24. The molecular formula is C24H30N2O6. The maximum atomic E-state index is 12.6. The van der Waals surface area contributed by atoms with Crippen molar-refractivity contribution >= 4 is 17.7 Å². The van der Waals surface area contributed by atoms with Gasteiger partial charge < -0.3 is 29.2 Å². The van der Waals surface area contributed by atoms with Gasteiger partial charge >= 0.3 is 6.09 Å². The number of carbonyl (C=O) groups is 2. The van der Waals surface area contributed by atoms with E-state index in [0.717, 1.165) is 6.42 Å². The van der Waals surface area contributed by atoms with Gasteiger partial charge in [0.2, 0.25) is 0 Å². The number of methoxy groups -OCH3 is 2. The Morgan fingerprint density at radius 2 is 1.59 bits per heavy atom. The van der Waals surface area contributed by atoms with Gasteiger partial charge in [-0.2, -0.15) is 0 Å². The van der Waals surface area contributed by atoms with Crippen LogP contribution >= 0.6 is 0 Å². The average molecular weight is 443 g/mol. The molecule has 8 nitrogen and oxygen atoms in total. The Morgan fingerprint density at radius 1 is 0.969 bits per heavy atom. The van der Waals surface area contributed by atoms with Crippen molar-refractivity contribution in [2.24, 2.45) is 0 Å². The van der Waals surface area contributed by atoms with E-state index in [1.54, 1.807) is 47.4 Å². The Labute approximate surface area is 188 Å². The highest BCUT2D eigenvalue weighted by Gasteiger charge is 2.30. The minimum absolute atomic E-state index is 0.104. The summed E-state index contributed by atoms with van der Waals surface area (Å²) in [6.07, 6.45) is 0.304. The molecule has 0 saturated carbocycles. The quantitative estimate of drug-likeness (QED) is 0.716. The van der Waals surface area contributed by atoms with Crippen molar-refractivity contribution < 1.29 is 28.5 Å². The Hall–Kier alpha value is -3.42. The third-order valence-corrected chi connectivity index (χ3v) is 4.83. The summed E-state index contributed by atoms with van der Waals surface area (Å²) >= 11 is 0. The maximum absolute atomic E-state index is 12.6. The van der Waals surface area contributed by atoms with Crippen molar-refractivity contribution in [1.82, 2.24) is 4.90 Å². The topological polar surface area (TPSA) is 86.3 Å². The Balaban J connectivity index is 1.56. The fourth-order valence-electron chi connectivity index (χ4n) is 3.27. The molecule has 1 saturated heterocycles. The van der Waals surface area contributed by atoms with Crippen molar-refractivity contribution in [3.63, 3.8) is 0 Å². The molecule has 2 aromatic rings. The second-order valence-corrected chi connectivity index (χ2v) is 8.53. The van der Waals surface area contributed by atoms with Gasteiger partial charge in [0, 0.05) is 30.3 Å². The normalized spacial score (nSPS) is 15.8. The van der Waals surface area contributed by atoms with Gasteiger partial charge in [-0.05, 0) is 57.2 Å². The molecule has 1 fully saturated rings. The van der Waals surface area contributed by atoms with Gasteiger partial charge in [0.1, 0.15) is 29.0 Å². The summed E-state index contributed by atoms with van der Waals surface area (Å²) in [4.78, 5) is 26.5. The third-order valence-electron chi connectivity index (χ3n) is 4.83. The number of hydrogen-bond donors (Lipinski definition) is 1. The van der Waals surface area contributed by atoms with Gasteiger partial charge in [0.15, 0.2) is 0 Å². The number of hydrogen-bond acceptors (Lipinski definition) is 6. The fourth-order valence-corrected chi connectivity index (χ4v) is 3.27. The number of rotatable bonds is 6. The molecule has 1 heterocycles. The average Bonchev–Trinajstić information content (AvgIpc) is 3.22. The second-order valence-electron chi connectivity index (χ2n) is 8.53. The summed E-state index contributed by atoms with van der Waals surface area (Å²) < 4.78 is 21.8. The highest BCUT2D eigenvalue weighted by molar-refractivity contribution is 6.04. The molecular weight excluding hydrogens is 412 g/mol. The first-order valence-corrected chi connectivity index (χ1v) is 10.5. The van der Waals surface area contributed by atoms with E-state index in [2.05, 4.69) is 5.32 Å². The largest absolute Gasteiger partial charge is 0.497 e. The Morgan fingerprint density at radius 3 is 2.16 bits per heavy atom. The zero-order valence-electron chi connectivity index (χ0n) is 19.1. The van der Waals surface area contributed by atoms with Crippen molar-refractivity contribution in [3.05, 3.63) is 48.0 Å². The molecule has 1 N–H and O–H groups in total. The SMILES string of the molecule is COc1cc(OC)cc(C(=O)Nc2ccc(OC3CCN(C(=O)OC(C)(C)C)C3)cc2)c1. The molecule has 1 unspecified atom stereocenters. The molecule has 1 atom stereocenters. The van der Waals surface area contributed by atoms with Gasteiger partial charge in [0.05, 0.1) is 20.8 Å². The van der Waals surface area contributed by atoms with Crippen molar-refractivity contribution in [1.29, 1.82) is 0 Å². The van der Waals surface area contributed by atoms with Crippen LogP contribution in [0.15, 0.2) is 42.5 Å². The molecule has 8 heteroatoms. The van der Waals surface area contributed by atoms with Crippen molar-refractivity contribution in [2.75, 3.05) is 32.6 Å². The molecule has 1 aliphatic rings. The molecule has 0 aliphatic carbocycles. The first kappa shape index (κ1) is 23.2. The Kier molecular flexibility index (Phi) is 7.12. The number of amides is 2. The monoisotopic (exact) mass is 442 g/mol. The molecule has 3 rings (SSSR count). The number of carbonyl (C=O) groups excluding carboxylic acids is 2. The van der Waals surface area contributed by atoms with Crippen LogP contribution in [0.1, 0.15) is 37.6 Å². The lowest BCUT2D eigenvalue weighted by molar-refractivity contribution is 0.0275. The lowest BCUT2D eigenvalue weighted by Crippen LogP contribution is -2.36. The summed E-state index contributed by atoms with van der Waals surface area (Å²) in [6.45, 7) is 6.61. The molecule has 0 radical (unpaired) electrons. The van der Waals surface area contributed by atoms with Gasteiger partial charge in [-0.15, -0.1) is 0 Å². The Bertz CT molecular complexity index is 930. The van der Waals surface area contributed by atoms with Crippen molar-refractivity contribution in [2.45, 2.75) is 38.9 Å². The minimum Gasteiger partial charge on any atom is -0.497 e. The molecule has 2 aromatic carbocycles. The van der Waals surface area contributed by atoms with E-state index in [4.69, 9.17) is 18.9 Å². The van der Waals surface area contributed by atoms with Crippen LogP contribution in [-0.2, 0) is 4.74 Å². The molecule has 32 heavy (non-hydrogen) atoms.